The van der Waals surface area contributed by atoms with Gasteiger partial charge in [-0.25, -0.2) is 0 Å². The average Bonchev–Trinajstić information content (AvgIpc) is 2.32. The largest absolute Gasteiger partial charge is 0.496 e. The van der Waals surface area contributed by atoms with Crippen molar-refractivity contribution in [1.82, 2.24) is 0 Å². The fourth-order valence-electron chi connectivity index (χ4n) is 2.22. The molecule has 3 heteroatoms. The molecule has 0 aliphatic carbocycles. The number of nitrogens with two attached hydrogens (primary N) is 1. The lowest BCUT2D eigenvalue weighted by Crippen LogP contribution is -2.29. The third-order valence-electron chi connectivity index (χ3n) is 3.73. The van der Waals surface area contributed by atoms with Gasteiger partial charge in [-0.3, -0.25) is 0 Å². The predicted octanol–water partition coefficient (Wildman–Crippen LogP) is 2.58. The summed E-state index contributed by atoms with van der Waals surface area (Å²) in [4.78, 5) is 0. The molecule has 0 aliphatic heterocycles. The third-order valence-corrected chi connectivity index (χ3v) is 3.73. The second-order valence-corrected chi connectivity index (χ2v) is 5.29. The molecule has 1 aromatic rings. The summed E-state index contributed by atoms with van der Waals surface area (Å²) in [6.07, 6.45) is 0. The molecule has 18 heavy (non-hydrogen) atoms. The van der Waals surface area contributed by atoms with Gasteiger partial charge in [0.1, 0.15) is 5.75 Å². The molecule has 1 rings (SSSR count). The average molecular weight is 251 g/mol. The minimum absolute atomic E-state index is 0.0426. The number of benzene rings is 1. The van der Waals surface area contributed by atoms with Crippen molar-refractivity contribution in [3.8, 4) is 5.75 Å². The molecule has 0 heterocycles. The molecule has 0 saturated heterocycles. The number of ether oxygens (including phenoxy) is 1. The van der Waals surface area contributed by atoms with E-state index >= 15 is 0 Å². The zero-order chi connectivity index (χ0) is 13.9. The van der Waals surface area contributed by atoms with Crippen LogP contribution in [0.25, 0.3) is 0 Å². The lowest BCUT2D eigenvalue weighted by Gasteiger charge is -2.27. The van der Waals surface area contributed by atoms with E-state index in [1.807, 2.05) is 6.07 Å². The third kappa shape index (κ3) is 3.03. The van der Waals surface area contributed by atoms with Crippen molar-refractivity contribution >= 4 is 0 Å². The topological polar surface area (TPSA) is 55.5 Å². The van der Waals surface area contributed by atoms with Gasteiger partial charge >= 0.3 is 0 Å². The van der Waals surface area contributed by atoms with E-state index in [-0.39, 0.29) is 18.6 Å². The molecule has 2 atom stereocenters. The maximum Gasteiger partial charge on any atom is 0.123 e. The highest BCUT2D eigenvalue weighted by Gasteiger charge is 2.25. The van der Waals surface area contributed by atoms with Gasteiger partial charge in [0, 0.05) is 24.1 Å². The molecule has 0 aliphatic rings. The van der Waals surface area contributed by atoms with Crippen molar-refractivity contribution in [2.75, 3.05) is 13.7 Å². The lowest BCUT2D eigenvalue weighted by atomic mass is 9.84. The Hall–Kier alpha value is -1.06. The van der Waals surface area contributed by atoms with Gasteiger partial charge in [0.2, 0.25) is 0 Å². The Labute approximate surface area is 110 Å². The monoisotopic (exact) mass is 251 g/mol. The highest BCUT2D eigenvalue weighted by molar-refractivity contribution is 5.43. The van der Waals surface area contributed by atoms with E-state index < -0.39 is 0 Å². The molecule has 3 nitrogen and oxygen atoms in total. The van der Waals surface area contributed by atoms with Gasteiger partial charge in [0.15, 0.2) is 0 Å². The molecule has 0 saturated carbocycles. The highest BCUT2D eigenvalue weighted by atomic mass is 16.5. The van der Waals surface area contributed by atoms with Crippen molar-refractivity contribution in [1.29, 1.82) is 0 Å². The number of rotatable bonds is 5. The molecule has 3 N–H and O–H groups in total. The van der Waals surface area contributed by atoms with Gasteiger partial charge in [-0.1, -0.05) is 19.9 Å². The molecule has 102 valence electrons. The Morgan fingerprint density at radius 2 is 1.78 bits per heavy atom. The van der Waals surface area contributed by atoms with Crippen LogP contribution in [0.4, 0.5) is 0 Å². The van der Waals surface area contributed by atoms with Crippen LogP contribution < -0.4 is 10.5 Å². The number of hydrogen-bond acceptors (Lipinski definition) is 3. The number of methoxy groups -OCH3 is 1. The maximum absolute atomic E-state index is 9.49. The van der Waals surface area contributed by atoms with Crippen LogP contribution in [0.1, 0.15) is 36.6 Å². The Balaban J connectivity index is 3.18. The first kappa shape index (κ1) is 15.0. The van der Waals surface area contributed by atoms with Crippen LogP contribution in [0.3, 0.4) is 0 Å². The number of hydrogen-bond donors (Lipinski definition) is 2. The van der Waals surface area contributed by atoms with Crippen molar-refractivity contribution in [3.63, 3.8) is 0 Å². The van der Waals surface area contributed by atoms with Crippen molar-refractivity contribution < 1.29 is 9.84 Å². The summed E-state index contributed by atoms with van der Waals surface area (Å²) in [5.41, 5.74) is 9.67. The second kappa shape index (κ2) is 6.21. The van der Waals surface area contributed by atoms with E-state index in [2.05, 4.69) is 33.8 Å². The molecular weight excluding hydrogens is 226 g/mol. The van der Waals surface area contributed by atoms with Crippen molar-refractivity contribution in [2.45, 2.75) is 33.7 Å². The molecule has 0 bridgehead atoms. The van der Waals surface area contributed by atoms with Crippen LogP contribution in [-0.4, -0.2) is 18.8 Å². The Kier molecular flexibility index (Phi) is 5.17. The highest BCUT2D eigenvalue weighted by Crippen LogP contribution is 2.33. The fraction of sp³-hybridized carbons (Fsp3) is 0.600. The smallest absolute Gasteiger partial charge is 0.123 e. The van der Waals surface area contributed by atoms with Crippen LogP contribution in [0.5, 0.6) is 5.75 Å². The molecule has 2 unspecified atom stereocenters. The van der Waals surface area contributed by atoms with E-state index in [9.17, 15) is 5.11 Å². The first-order chi connectivity index (χ1) is 8.42. The SMILES string of the molecule is COc1cc(C)c(C)cc1C(N)C(CO)C(C)C. The van der Waals surface area contributed by atoms with Gasteiger partial charge in [-0.2, -0.15) is 0 Å². The van der Waals surface area contributed by atoms with Gasteiger partial charge in [-0.05, 0) is 37.0 Å². The zero-order valence-corrected chi connectivity index (χ0v) is 12.0. The first-order valence-corrected chi connectivity index (χ1v) is 6.43. The number of aliphatic hydroxyl groups is 1. The Morgan fingerprint density at radius 1 is 1.22 bits per heavy atom. The first-order valence-electron chi connectivity index (χ1n) is 6.43. The van der Waals surface area contributed by atoms with Crippen molar-refractivity contribution in [2.24, 2.45) is 17.6 Å². The summed E-state index contributed by atoms with van der Waals surface area (Å²) in [7, 11) is 1.66. The number of aryl methyl sites for hydroxylation is 2. The summed E-state index contributed by atoms with van der Waals surface area (Å²) in [5, 5.41) is 9.49. The summed E-state index contributed by atoms with van der Waals surface area (Å²) in [6, 6.07) is 3.88. The normalized spacial score (nSPS) is 14.7. The molecule has 0 fully saturated rings. The van der Waals surface area contributed by atoms with Gasteiger partial charge < -0.3 is 15.6 Å². The van der Waals surface area contributed by atoms with E-state index in [4.69, 9.17) is 10.5 Å². The molecule has 1 aromatic carbocycles. The van der Waals surface area contributed by atoms with E-state index in [1.165, 1.54) is 11.1 Å². The Morgan fingerprint density at radius 3 is 2.22 bits per heavy atom. The second-order valence-electron chi connectivity index (χ2n) is 5.29. The van der Waals surface area contributed by atoms with Crippen LogP contribution in [0.15, 0.2) is 12.1 Å². The van der Waals surface area contributed by atoms with Gasteiger partial charge in [-0.15, -0.1) is 0 Å². The summed E-state index contributed by atoms with van der Waals surface area (Å²) in [5.74, 6) is 1.18. The molecule has 0 aromatic heterocycles. The number of aliphatic hydroxyl groups excluding tert-OH is 1. The predicted molar refractivity (Wildman–Crippen MR) is 74.8 cm³/mol. The maximum atomic E-state index is 9.49. The molecular formula is C15H25NO2. The standard InChI is InChI=1S/C15H25NO2/c1-9(2)13(8-17)15(16)12-6-10(3)11(4)7-14(12)18-5/h6-7,9,13,15,17H,8,16H2,1-5H3. The van der Waals surface area contributed by atoms with Crippen LogP contribution >= 0.6 is 0 Å². The fourth-order valence-corrected chi connectivity index (χ4v) is 2.22. The van der Waals surface area contributed by atoms with Crippen LogP contribution in [0.2, 0.25) is 0 Å². The lowest BCUT2D eigenvalue weighted by molar-refractivity contribution is 0.164. The quantitative estimate of drug-likeness (QED) is 0.845. The summed E-state index contributed by atoms with van der Waals surface area (Å²) >= 11 is 0. The molecule has 0 spiro atoms. The van der Waals surface area contributed by atoms with E-state index in [1.54, 1.807) is 7.11 Å². The molecule has 0 amide bonds. The summed E-state index contributed by atoms with van der Waals surface area (Å²) < 4.78 is 5.42. The summed E-state index contributed by atoms with van der Waals surface area (Å²) in [6.45, 7) is 8.37. The van der Waals surface area contributed by atoms with Crippen LogP contribution in [-0.2, 0) is 0 Å². The minimum atomic E-state index is -0.204. The van der Waals surface area contributed by atoms with E-state index in [0.717, 1.165) is 11.3 Å². The molecule has 0 radical (unpaired) electrons. The van der Waals surface area contributed by atoms with Gasteiger partial charge in [0.05, 0.1) is 7.11 Å². The van der Waals surface area contributed by atoms with E-state index in [0.29, 0.717) is 5.92 Å². The zero-order valence-electron chi connectivity index (χ0n) is 12.0. The Bertz CT molecular complexity index is 402. The minimum Gasteiger partial charge on any atom is -0.496 e. The van der Waals surface area contributed by atoms with Crippen LogP contribution in [0, 0.1) is 25.7 Å². The van der Waals surface area contributed by atoms with Gasteiger partial charge in [0.25, 0.3) is 0 Å². The van der Waals surface area contributed by atoms with Crippen molar-refractivity contribution in [3.05, 3.63) is 28.8 Å².